The lowest BCUT2D eigenvalue weighted by atomic mass is 10.1. The zero-order chi connectivity index (χ0) is 22.5. The molecule has 0 fully saturated rings. The summed E-state index contributed by atoms with van der Waals surface area (Å²) in [5.41, 5.74) is 1.69. The van der Waals surface area contributed by atoms with E-state index in [4.69, 9.17) is 20.8 Å². The lowest BCUT2D eigenvalue weighted by Crippen LogP contribution is -2.30. The van der Waals surface area contributed by atoms with E-state index in [0.29, 0.717) is 40.3 Å². The van der Waals surface area contributed by atoms with Crippen molar-refractivity contribution in [3.63, 3.8) is 0 Å². The second-order valence-electron chi connectivity index (χ2n) is 6.92. The predicted octanol–water partition coefficient (Wildman–Crippen LogP) is 4.25. The number of carbonyl (C=O) groups is 2. The molecule has 0 bridgehead atoms. The van der Waals surface area contributed by atoms with Crippen LogP contribution < -0.4 is 15.7 Å². The van der Waals surface area contributed by atoms with Gasteiger partial charge in [-0.25, -0.2) is 4.79 Å². The van der Waals surface area contributed by atoms with Crippen LogP contribution in [0, 0.1) is 6.92 Å². The number of ether oxygens (including phenoxy) is 1. The molecule has 3 aromatic rings. The topological polar surface area (TPSA) is 88.8 Å². The smallest absolute Gasteiger partial charge is 0.336 e. The minimum absolute atomic E-state index is 0.0564. The van der Waals surface area contributed by atoms with E-state index in [1.54, 1.807) is 42.2 Å². The maximum atomic E-state index is 12.3. The van der Waals surface area contributed by atoms with Gasteiger partial charge in [0.05, 0.1) is 5.02 Å². The Balaban J connectivity index is 1.64. The number of hydrogen-bond acceptors (Lipinski definition) is 5. The van der Waals surface area contributed by atoms with Crippen LogP contribution in [0.1, 0.15) is 29.8 Å². The number of halogens is 1. The number of rotatable bonds is 7. The van der Waals surface area contributed by atoms with Gasteiger partial charge in [0, 0.05) is 41.9 Å². The summed E-state index contributed by atoms with van der Waals surface area (Å²) in [5.74, 6) is -0.220. The second-order valence-corrected chi connectivity index (χ2v) is 7.33. The van der Waals surface area contributed by atoms with Crippen LogP contribution in [0.5, 0.6) is 5.75 Å². The molecule has 2 aromatic carbocycles. The first kappa shape index (κ1) is 22.4. The van der Waals surface area contributed by atoms with E-state index in [1.165, 1.54) is 12.1 Å². The van der Waals surface area contributed by atoms with Crippen molar-refractivity contribution in [2.45, 2.75) is 20.8 Å². The van der Waals surface area contributed by atoms with Gasteiger partial charge in [-0.3, -0.25) is 9.59 Å². The molecular weight excluding hydrogens is 420 g/mol. The highest BCUT2D eigenvalue weighted by Crippen LogP contribution is 2.31. The summed E-state index contributed by atoms with van der Waals surface area (Å²) in [6, 6.07) is 11.2. The number of nitrogens with one attached hydrogen (secondary N) is 1. The Morgan fingerprint density at radius 1 is 1.10 bits per heavy atom. The largest absolute Gasteiger partial charge is 0.482 e. The first-order valence-corrected chi connectivity index (χ1v) is 10.3. The first-order chi connectivity index (χ1) is 14.8. The Kier molecular flexibility index (Phi) is 6.97. The zero-order valence-electron chi connectivity index (χ0n) is 17.5. The van der Waals surface area contributed by atoms with Crippen molar-refractivity contribution in [1.29, 1.82) is 0 Å². The summed E-state index contributed by atoms with van der Waals surface area (Å²) in [5, 5.41) is 3.70. The van der Waals surface area contributed by atoms with Gasteiger partial charge in [-0.05, 0) is 56.7 Å². The molecule has 0 saturated carbocycles. The minimum atomic E-state index is -0.473. The molecule has 0 unspecified atom stereocenters. The van der Waals surface area contributed by atoms with Crippen molar-refractivity contribution in [3.05, 3.63) is 69.0 Å². The number of fused-ring (bicyclic) bond motifs is 1. The molecule has 1 heterocycles. The van der Waals surface area contributed by atoms with Gasteiger partial charge in [-0.2, -0.15) is 0 Å². The zero-order valence-corrected chi connectivity index (χ0v) is 18.3. The molecule has 7 nitrogen and oxygen atoms in total. The SMILES string of the molecule is CCN(CC)C(=O)c1ccc(NC(=O)COc2cc3oc(=O)cc(C)c3cc2Cl)cc1. The first-order valence-electron chi connectivity index (χ1n) is 9.88. The van der Waals surface area contributed by atoms with Gasteiger partial charge in [0.15, 0.2) is 6.61 Å². The Morgan fingerprint density at radius 3 is 2.42 bits per heavy atom. The third-order valence-electron chi connectivity index (χ3n) is 4.83. The third kappa shape index (κ3) is 5.24. The van der Waals surface area contributed by atoms with E-state index in [1.807, 2.05) is 13.8 Å². The van der Waals surface area contributed by atoms with Crippen LogP contribution in [-0.4, -0.2) is 36.4 Å². The molecule has 8 heteroatoms. The molecule has 2 amide bonds. The molecule has 0 atom stereocenters. The van der Waals surface area contributed by atoms with Gasteiger partial charge < -0.3 is 19.4 Å². The van der Waals surface area contributed by atoms with Gasteiger partial charge >= 0.3 is 5.63 Å². The Bertz CT molecular complexity index is 1170. The van der Waals surface area contributed by atoms with Crippen molar-refractivity contribution in [2.24, 2.45) is 0 Å². The summed E-state index contributed by atoms with van der Waals surface area (Å²) in [6.45, 7) is 6.60. The van der Waals surface area contributed by atoms with Crippen LogP contribution >= 0.6 is 11.6 Å². The molecule has 0 saturated heterocycles. The summed E-state index contributed by atoms with van der Waals surface area (Å²) >= 11 is 6.24. The summed E-state index contributed by atoms with van der Waals surface area (Å²) in [6.07, 6.45) is 0. The summed E-state index contributed by atoms with van der Waals surface area (Å²) in [7, 11) is 0. The average molecular weight is 443 g/mol. The van der Waals surface area contributed by atoms with Crippen LogP contribution in [0.4, 0.5) is 5.69 Å². The van der Waals surface area contributed by atoms with Crippen molar-refractivity contribution in [2.75, 3.05) is 25.0 Å². The van der Waals surface area contributed by atoms with Gasteiger partial charge in [0.25, 0.3) is 11.8 Å². The number of anilines is 1. The molecular formula is C23H23ClN2O5. The van der Waals surface area contributed by atoms with Crippen molar-refractivity contribution >= 4 is 40.1 Å². The molecule has 0 aliphatic heterocycles. The van der Waals surface area contributed by atoms with Crippen LogP contribution in [0.25, 0.3) is 11.0 Å². The maximum absolute atomic E-state index is 12.3. The molecule has 0 spiro atoms. The van der Waals surface area contributed by atoms with E-state index in [-0.39, 0.29) is 18.3 Å². The second kappa shape index (κ2) is 9.66. The van der Waals surface area contributed by atoms with E-state index in [2.05, 4.69) is 5.32 Å². The maximum Gasteiger partial charge on any atom is 0.336 e. The van der Waals surface area contributed by atoms with E-state index < -0.39 is 11.5 Å². The molecule has 1 N–H and O–H groups in total. The van der Waals surface area contributed by atoms with Gasteiger partial charge in [-0.15, -0.1) is 0 Å². The predicted molar refractivity (Wildman–Crippen MR) is 120 cm³/mol. The van der Waals surface area contributed by atoms with Gasteiger partial charge in [0.1, 0.15) is 11.3 Å². The quantitative estimate of drug-likeness (QED) is 0.552. The van der Waals surface area contributed by atoms with Crippen LogP contribution in [0.2, 0.25) is 5.02 Å². The normalized spacial score (nSPS) is 10.7. The molecule has 162 valence electrons. The van der Waals surface area contributed by atoms with Crippen LogP contribution in [0.15, 0.2) is 51.7 Å². The van der Waals surface area contributed by atoms with Crippen LogP contribution in [0.3, 0.4) is 0 Å². The van der Waals surface area contributed by atoms with E-state index in [0.717, 1.165) is 5.56 Å². The van der Waals surface area contributed by atoms with Crippen molar-refractivity contribution < 1.29 is 18.7 Å². The Labute approximate surface area is 184 Å². The summed E-state index contributed by atoms with van der Waals surface area (Å²) in [4.78, 5) is 37.9. The molecule has 1 aromatic heterocycles. The fraction of sp³-hybridized carbons (Fsp3) is 0.261. The molecule has 31 heavy (non-hydrogen) atoms. The van der Waals surface area contributed by atoms with Crippen molar-refractivity contribution in [1.82, 2.24) is 4.90 Å². The highest BCUT2D eigenvalue weighted by Gasteiger charge is 2.13. The molecule has 0 aliphatic carbocycles. The van der Waals surface area contributed by atoms with Gasteiger partial charge in [-0.1, -0.05) is 11.6 Å². The third-order valence-corrected chi connectivity index (χ3v) is 5.12. The Hall–Kier alpha value is -3.32. The van der Waals surface area contributed by atoms with E-state index >= 15 is 0 Å². The number of amides is 2. The number of hydrogen-bond donors (Lipinski definition) is 1. The fourth-order valence-electron chi connectivity index (χ4n) is 3.16. The number of carbonyl (C=O) groups excluding carboxylic acids is 2. The number of aryl methyl sites for hydroxylation is 1. The minimum Gasteiger partial charge on any atom is -0.482 e. The number of benzene rings is 2. The number of nitrogens with zero attached hydrogens (tertiary/aromatic N) is 1. The molecule has 0 aliphatic rings. The fourth-order valence-corrected chi connectivity index (χ4v) is 3.38. The highest BCUT2D eigenvalue weighted by atomic mass is 35.5. The average Bonchev–Trinajstić information content (AvgIpc) is 2.74. The van der Waals surface area contributed by atoms with Crippen LogP contribution in [-0.2, 0) is 4.79 Å². The molecule has 0 radical (unpaired) electrons. The van der Waals surface area contributed by atoms with Crippen molar-refractivity contribution in [3.8, 4) is 5.75 Å². The summed E-state index contributed by atoms with van der Waals surface area (Å²) < 4.78 is 10.7. The Morgan fingerprint density at radius 2 is 1.77 bits per heavy atom. The van der Waals surface area contributed by atoms with Gasteiger partial charge in [0.2, 0.25) is 0 Å². The standard InChI is InChI=1S/C23H23ClN2O5/c1-4-26(5-2)23(29)15-6-8-16(9-7-15)25-21(27)13-30-20-12-19-17(11-18(20)24)14(3)10-22(28)31-19/h6-12H,4-5,13H2,1-3H3,(H,25,27). The monoisotopic (exact) mass is 442 g/mol. The lowest BCUT2D eigenvalue weighted by molar-refractivity contribution is -0.118. The van der Waals surface area contributed by atoms with E-state index in [9.17, 15) is 14.4 Å². The lowest BCUT2D eigenvalue weighted by Gasteiger charge is -2.18. The molecule has 3 rings (SSSR count). The highest BCUT2D eigenvalue weighted by molar-refractivity contribution is 6.32.